The summed E-state index contributed by atoms with van der Waals surface area (Å²) in [5.41, 5.74) is 0.888. The molecule has 3 rings (SSSR count). The Morgan fingerprint density at radius 2 is 1.36 bits per heavy atom. The van der Waals surface area contributed by atoms with Gasteiger partial charge in [0.2, 0.25) is 5.78 Å². The van der Waals surface area contributed by atoms with Crippen LogP contribution in [0.2, 0.25) is 0 Å². The summed E-state index contributed by atoms with van der Waals surface area (Å²) in [7, 11) is 0.336. The Labute approximate surface area is 174 Å². The lowest BCUT2D eigenvalue weighted by atomic mass is 10.1. The van der Waals surface area contributed by atoms with Crippen molar-refractivity contribution < 1.29 is 14.3 Å². The van der Waals surface area contributed by atoms with E-state index in [1.165, 1.54) is 7.11 Å². The minimum absolute atomic E-state index is 0.101. The molecule has 0 fully saturated rings. The molecule has 0 saturated carbocycles. The van der Waals surface area contributed by atoms with Crippen LogP contribution in [0.25, 0.3) is 0 Å². The van der Waals surface area contributed by atoms with E-state index in [0.29, 0.717) is 0 Å². The lowest BCUT2D eigenvalue weighted by Crippen LogP contribution is -2.23. The monoisotopic (exact) mass is 454 g/mol. The molecule has 1 atom stereocenters. The van der Waals surface area contributed by atoms with Crippen LogP contribution in [-0.4, -0.2) is 18.9 Å². The second kappa shape index (κ2) is 9.77. The summed E-state index contributed by atoms with van der Waals surface area (Å²) < 4.78 is 5.64. The highest BCUT2D eigenvalue weighted by molar-refractivity contribution is 9.10. The molecule has 0 unspecified atom stereocenters. The van der Waals surface area contributed by atoms with Crippen molar-refractivity contribution in [3.63, 3.8) is 0 Å². The molecular formula is C23H20BrO3P. The van der Waals surface area contributed by atoms with Crippen LogP contribution in [0, 0.1) is 0 Å². The van der Waals surface area contributed by atoms with Gasteiger partial charge in [0.15, 0.2) is 0 Å². The highest BCUT2D eigenvalue weighted by Crippen LogP contribution is 2.51. The number of methoxy groups -OCH3 is 1. The van der Waals surface area contributed by atoms with Crippen molar-refractivity contribution in [3.05, 3.63) is 95.0 Å². The zero-order chi connectivity index (χ0) is 19.9. The van der Waals surface area contributed by atoms with Gasteiger partial charge in [-0.2, -0.15) is 0 Å². The predicted octanol–water partition coefficient (Wildman–Crippen LogP) is 4.76. The number of carbonyl (C=O) groups excluding carboxylic acids is 2. The fourth-order valence-corrected chi connectivity index (χ4v) is 6.19. The number of ether oxygens (including phenoxy) is 1. The van der Waals surface area contributed by atoms with E-state index in [-0.39, 0.29) is 12.1 Å². The average molecular weight is 455 g/mol. The van der Waals surface area contributed by atoms with Gasteiger partial charge in [0, 0.05) is 16.6 Å². The highest BCUT2D eigenvalue weighted by atomic mass is 79.9. The van der Waals surface area contributed by atoms with Crippen molar-refractivity contribution in [2.75, 3.05) is 7.11 Å². The maximum atomic E-state index is 12.5. The van der Waals surface area contributed by atoms with Crippen LogP contribution in [0.3, 0.4) is 0 Å². The van der Waals surface area contributed by atoms with Crippen molar-refractivity contribution in [1.82, 2.24) is 0 Å². The second-order valence-electron chi connectivity index (χ2n) is 6.23. The lowest BCUT2D eigenvalue weighted by Gasteiger charge is -2.28. The van der Waals surface area contributed by atoms with Gasteiger partial charge in [-0.15, -0.1) is 0 Å². The molecule has 3 aromatic rings. The van der Waals surface area contributed by atoms with Gasteiger partial charge in [0.1, 0.15) is 0 Å². The molecule has 0 aliphatic rings. The molecule has 0 aromatic heterocycles. The van der Waals surface area contributed by atoms with Crippen LogP contribution in [0.15, 0.2) is 89.4 Å². The van der Waals surface area contributed by atoms with E-state index >= 15 is 0 Å². The molecule has 0 bridgehead atoms. The van der Waals surface area contributed by atoms with Gasteiger partial charge in [0.25, 0.3) is 0 Å². The summed E-state index contributed by atoms with van der Waals surface area (Å²) in [5, 5.41) is 2.32. The molecule has 142 valence electrons. The van der Waals surface area contributed by atoms with Crippen LogP contribution >= 0.6 is 23.9 Å². The van der Waals surface area contributed by atoms with Crippen LogP contribution in [0.1, 0.15) is 17.6 Å². The van der Waals surface area contributed by atoms with E-state index in [1.807, 2.05) is 60.7 Å². The van der Waals surface area contributed by atoms with E-state index in [4.69, 9.17) is 0 Å². The van der Waals surface area contributed by atoms with Gasteiger partial charge in [-0.25, -0.2) is 4.79 Å². The van der Waals surface area contributed by atoms with Gasteiger partial charge in [-0.1, -0.05) is 88.7 Å². The maximum Gasteiger partial charge on any atom is 0.374 e. The third-order valence-corrected chi connectivity index (χ3v) is 7.77. The first-order valence-electron chi connectivity index (χ1n) is 8.86. The van der Waals surface area contributed by atoms with Crippen LogP contribution in [0.5, 0.6) is 0 Å². The molecule has 0 aliphatic carbocycles. The Bertz CT molecular complexity index is 888. The molecule has 0 amide bonds. The number of benzene rings is 3. The van der Waals surface area contributed by atoms with Crippen molar-refractivity contribution in [1.29, 1.82) is 0 Å². The molecule has 0 heterocycles. The maximum absolute atomic E-state index is 12.5. The topological polar surface area (TPSA) is 43.4 Å². The van der Waals surface area contributed by atoms with E-state index in [0.717, 1.165) is 20.6 Å². The fraction of sp³-hybridized carbons (Fsp3) is 0.130. The fourth-order valence-electron chi connectivity index (χ4n) is 3.10. The van der Waals surface area contributed by atoms with E-state index in [9.17, 15) is 9.59 Å². The molecule has 5 heteroatoms. The predicted molar refractivity (Wildman–Crippen MR) is 118 cm³/mol. The third-order valence-electron chi connectivity index (χ3n) is 4.43. The highest BCUT2D eigenvalue weighted by Gasteiger charge is 2.30. The average Bonchev–Trinajstić information content (AvgIpc) is 2.74. The minimum atomic E-state index is -0.906. The van der Waals surface area contributed by atoms with E-state index in [1.54, 1.807) is 0 Å². The normalized spacial score (nSPS) is 11.8. The van der Waals surface area contributed by atoms with Gasteiger partial charge in [0.05, 0.1) is 7.11 Å². The lowest BCUT2D eigenvalue weighted by molar-refractivity contribution is -0.151. The Morgan fingerprint density at radius 1 is 0.857 bits per heavy atom. The van der Waals surface area contributed by atoms with Crippen LogP contribution in [-0.2, 0) is 14.3 Å². The third kappa shape index (κ3) is 4.95. The first-order valence-corrected chi connectivity index (χ1v) is 11.1. The SMILES string of the molecule is COC(=O)C(=O)C[C@@H](c1ccc(Br)cc1)P(c1ccccc1)c1ccccc1. The molecule has 0 aliphatic heterocycles. The number of ketones is 1. The van der Waals surface area contributed by atoms with Gasteiger partial charge >= 0.3 is 5.97 Å². The summed E-state index contributed by atoms with van der Waals surface area (Å²) in [5.74, 6) is -1.30. The Morgan fingerprint density at radius 3 is 1.82 bits per heavy atom. The molecule has 0 N–H and O–H groups in total. The van der Waals surface area contributed by atoms with Crippen LogP contribution in [0.4, 0.5) is 0 Å². The van der Waals surface area contributed by atoms with E-state index in [2.05, 4.69) is 44.9 Å². The minimum Gasteiger partial charge on any atom is -0.463 e. The summed E-state index contributed by atoms with van der Waals surface area (Å²) in [4.78, 5) is 24.4. The number of Topliss-reactive ketones (excluding diaryl/α,β-unsaturated/α-hetero) is 1. The molecule has 0 radical (unpaired) electrons. The van der Waals surface area contributed by atoms with Crippen LogP contribution < -0.4 is 10.6 Å². The molecule has 3 nitrogen and oxygen atoms in total. The van der Waals surface area contributed by atoms with Gasteiger partial charge < -0.3 is 4.74 Å². The van der Waals surface area contributed by atoms with Gasteiger partial charge in [-0.05, 0) is 36.2 Å². The number of hydrogen-bond donors (Lipinski definition) is 0. The largest absolute Gasteiger partial charge is 0.463 e. The van der Waals surface area contributed by atoms with Crippen molar-refractivity contribution >= 4 is 46.2 Å². The Kier molecular flexibility index (Phi) is 7.13. The summed E-state index contributed by atoms with van der Waals surface area (Å²) in [6.45, 7) is 0. The zero-order valence-corrected chi connectivity index (χ0v) is 17.9. The Hall–Kier alpha value is -2.29. The molecule has 0 saturated heterocycles. The first-order chi connectivity index (χ1) is 13.6. The number of rotatable bonds is 7. The van der Waals surface area contributed by atoms with Crippen molar-refractivity contribution in [3.8, 4) is 0 Å². The number of hydrogen-bond acceptors (Lipinski definition) is 3. The second-order valence-corrected chi connectivity index (χ2v) is 9.54. The summed E-state index contributed by atoms with van der Waals surface area (Å²) in [6, 6.07) is 28.3. The van der Waals surface area contributed by atoms with E-state index < -0.39 is 19.7 Å². The molecule has 28 heavy (non-hydrogen) atoms. The molecular weight excluding hydrogens is 435 g/mol. The van der Waals surface area contributed by atoms with Crippen molar-refractivity contribution in [2.24, 2.45) is 0 Å². The first kappa shape index (κ1) is 20.4. The number of esters is 1. The van der Waals surface area contributed by atoms with Crippen molar-refractivity contribution in [2.45, 2.75) is 12.1 Å². The molecule has 3 aromatic carbocycles. The summed E-state index contributed by atoms with van der Waals surface area (Å²) in [6.07, 6.45) is 0.101. The quantitative estimate of drug-likeness (QED) is 0.293. The number of carbonyl (C=O) groups is 2. The molecule has 0 spiro atoms. The summed E-state index contributed by atoms with van der Waals surface area (Å²) >= 11 is 3.47. The van der Waals surface area contributed by atoms with Gasteiger partial charge in [-0.3, -0.25) is 4.79 Å². The zero-order valence-electron chi connectivity index (χ0n) is 15.4. The number of halogens is 1. The standard InChI is InChI=1S/C23H20BrO3P/c1-27-23(26)21(25)16-22(17-12-14-18(24)15-13-17)28(19-8-4-2-5-9-19)20-10-6-3-7-11-20/h2-15,22H,16H2,1H3/t22-/m0/s1. The Balaban J connectivity index is 2.11. The smallest absolute Gasteiger partial charge is 0.374 e.